The van der Waals surface area contributed by atoms with Gasteiger partial charge in [-0.2, -0.15) is 0 Å². The summed E-state index contributed by atoms with van der Waals surface area (Å²) >= 11 is 0. The van der Waals surface area contributed by atoms with Crippen LogP contribution in [0.1, 0.15) is 25.3 Å². The first-order valence-electron chi connectivity index (χ1n) is 8.52. The summed E-state index contributed by atoms with van der Waals surface area (Å²) in [5.41, 5.74) is 2.80. The zero-order chi connectivity index (χ0) is 17.6. The maximum Gasteiger partial charge on any atom is 0.223 e. The maximum absolute atomic E-state index is 12.4. The molecule has 1 aliphatic rings. The Kier molecular flexibility index (Phi) is 5.38. The third kappa shape index (κ3) is 4.41. The summed E-state index contributed by atoms with van der Waals surface area (Å²) in [5.74, 6) is 0.122. The van der Waals surface area contributed by atoms with Crippen molar-refractivity contribution in [3.63, 3.8) is 0 Å². The van der Waals surface area contributed by atoms with E-state index >= 15 is 0 Å². The molecule has 2 amide bonds. The van der Waals surface area contributed by atoms with E-state index in [-0.39, 0.29) is 17.7 Å². The van der Waals surface area contributed by atoms with Crippen molar-refractivity contribution in [2.24, 2.45) is 5.92 Å². The van der Waals surface area contributed by atoms with Crippen molar-refractivity contribution in [3.05, 3.63) is 48.4 Å². The normalized spacial score (nSPS) is 15.0. The lowest BCUT2D eigenvalue weighted by Gasteiger charge is -2.30. The molecule has 6 nitrogen and oxygen atoms in total. The van der Waals surface area contributed by atoms with Crippen molar-refractivity contribution in [1.29, 1.82) is 0 Å². The predicted molar refractivity (Wildman–Crippen MR) is 94.3 cm³/mol. The number of aromatic nitrogens is 2. The minimum absolute atomic E-state index is 0.0183. The van der Waals surface area contributed by atoms with Crippen LogP contribution in [0.2, 0.25) is 0 Å². The van der Waals surface area contributed by atoms with Gasteiger partial charge in [0.05, 0.1) is 5.69 Å². The van der Waals surface area contributed by atoms with Crippen LogP contribution in [0.15, 0.2) is 42.9 Å². The molecule has 130 valence electrons. The van der Waals surface area contributed by atoms with E-state index in [1.54, 1.807) is 30.4 Å². The summed E-state index contributed by atoms with van der Waals surface area (Å²) in [4.78, 5) is 34.0. The Hall–Kier alpha value is -2.76. The van der Waals surface area contributed by atoms with E-state index < -0.39 is 0 Å². The second kappa shape index (κ2) is 7.88. The molecule has 1 N–H and O–H groups in total. The first kappa shape index (κ1) is 17.1. The third-order valence-electron chi connectivity index (χ3n) is 4.56. The van der Waals surface area contributed by atoms with Gasteiger partial charge in [0.25, 0.3) is 0 Å². The standard InChI is InChI=1S/C19H22N4O2/c1-14(24)23-9-5-16(6-10-23)19(25)22-12-15-4-8-21-18(11-15)17-3-2-7-20-13-17/h2-4,7-8,11,13,16H,5-6,9-10,12H2,1H3,(H,22,25). The molecule has 1 aliphatic heterocycles. The molecule has 3 rings (SSSR count). The molecule has 0 aromatic carbocycles. The molecule has 0 aliphatic carbocycles. The highest BCUT2D eigenvalue weighted by Crippen LogP contribution is 2.19. The maximum atomic E-state index is 12.4. The molecule has 0 atom stereocenters. The molecule has 0 saturated carbocycles. The second-order valence-electron chi connectivity index (χ2n) is 6.29. The van der Waals surface area contributed by atoms with Crippen molar-refractivity contribution >= 4 is 11.8 Å². The number of nitrogens with one attached hydrogen (secondary N) is 1. The predicted octanol–water partition coefficient (Wildman–Crippen LogP) is 2.02. The van der Waals surface area contributed by atoms with Crippen LogP contribution in [0.25, 0.3) is 11.3 Å². The van der Waals surface area contributed by atoms with Crippen LogP contribution >= 0.6 is 0 Å². The van der Waals surface area contributed by atoms with Crippen LogP contribution in [0.3, 0.4) is 0 Å². The number of rotatable bonds is 4. The number of piperidine rings is 1. The highest BCUT2D eigenvalue weighted by Gasteiger charge is 2.25. The number of carbonyl (C=O) groups excluding carboxylic acids is 2. The van der Waals surface area contributed by atoms with Gasteiger partial charge >= 0.3 is 0 Å². The molecule has 0 bridgehead atoms. The van der Waals surface area contributed by atoms with E-state index in [4.69, 9.17) is 0 Å². The van der Waals surface area contributed by atoms with Gasteiger partial charge in [-0.25, -0.2) is 0 Å². The summed E-state index contributed by atoms with van der Waals surface area (Å²) in [6.07, 6.45) is 6.69. The van der Waals surface area contributed by atoms with Crippen LogP contribution in [0, 0.1) is 5.92 Å². The Morgan fingerprint density at radius 3 is 2.72 bits per heavy atom. The van der Waals surface area contributed by atoms with Gasteiger partial charge in [-0.1, -0.05) is 0 Å². The molecule has 2 aromatic rings. The van der Waals surface area contributed by atoms with Gasteiger partial charge in [-0.05, 0) is 42.7 Å². The molecule has 1 fully saturated rings. The van der Waals surface area contributed by atoms with Gasteiger partial charge < -0.3 is 10.2 Å². The van der Waals surface area contributed by atoms with Crippen molar-refractivity contribution in [2.75, 3.05) is 13.1 Å². The molecule has 6 heteroatoms. The summed E-state index contributed by atoms with van der Waals surface area (Å²) in [6.45, 7) is 3.37. The fourth-order valence-electron chi connectivity index (χ4n) is 3.05. The Labute approximate surface area is 147 Å². The van der Waals surface area contributed by atoms with Gasteiger partial charge in [0.2, 0.25) is 11.8 Å². The SMILES string of the molecule is CC(=O)N1CCC(C(=O)NCc2ccnc(-c3cccnc3)c2)CC1. The Bertz CT molecular complexity index is 740. The largest absolute Gasteiger partial charge is 0.352 e. The Balaban J connectivity index is 1.55. The number of pyridine rings is 2. The lowest BCUT2D eigenvalue weighted by Crippen LogP contribution is -2.42. The Morgan fingerprint density at radius 1 is 1.24 bits per heavy atom. The average Bonchev–Trinajstić information content (AvgIpc) is 2.67. The fourth-order valence-corrected chi connectivity index (χ4v) is 3.05. The van der Waals surface area contributed by atoms with Crippen LogP contribution < -0.4 is 5.32 Å². The van der Waals surface area contributed by atoms with Gasteiger partial charge in [0.1, 0.15) is 0 Å². The van der Waals surface area contributed by atoms with E-state index in [2.05, 4.69) is 15.3 Å². The highest BCUT2D eigenvalue weighted by molar-refractivity contribution is 5.79. The summed E-state index contributed by atoms with van der Waals surface area (Å²) in [5, 5.41) is 3.01. The van der Waals surface area contributed by atoms with Gasteiger partial charge in [-0.15, -0.1) is 0 Å². The zero-order valence-corrected chi connectivity index (χ0v) is 14.3. The van der Waals surface area contributed by atoms with Crippen molar-refractivity contribution in [3.8, 4) is 11.3 Å². The molecule has 0 spiro atoms. The summed E-state index contributed by atoms with van der Waals surface area (Å²) < 4.78 is 0. The van der Waals surface area contributed by atoms with Crippen LogP contribution in [0.5, 0.6) is 0 Å². The van der Waals surface area contributed by atoms with Crippen LogP contribution in [-0.4, -0.2) is 39.8 Å². The molecule has 1 saturated heterocycles. The number of hydrogen-bond donors (Lipinski definition) is 1. The summed E-state index contributed by atoms with van der Waals surface area (Å²) in [7, 11) is 0. The van der Waals surface area contributed by atoms with Crippen LogP contribution in [-0.2, 0) is 16.1 Å². The molecule has 0 unspecified atom stereocenters. The van der Waals surface area contributed by atoms with Crippen molar-refractivity contribution in [1.82, 2.24) is 20.2 Å². The van der Waals surface area contributed by atoms with Gasteiger partial charge in [0, 0.05) is 56.6 Å². The van der Waals surface area contributed by atoms with E-state index in [1.165, 1.54) is 0 Å². The van der Waals surface area contributed by atoms with Crippen molar-refractivity contribution < 1.29 is 9.59 Å². The Morgan fingerprint density at radius 2 is 2.04 bits per heavy atom. The molecular formula is C19H22N4O2. The number of amides is 2. The third-order valence-corrected chi connectivity index (χ3v) is 4.56. The number of carbonyl (C=O) groups is 2. The molecule has 3 heterocycles. The van der Waals surface area contributed by atoms with Gasteiger partial charge in [-0.3, -0.25) is 19.6 Å². The lowest BCUT2D eigenvalue weighted by molar-refractivity contribution is -0.134. The monoisotopic (exact) mass is 338 g/mol. The minimum atomic E-state index is -0.0183. The first-order valence-corrected chi connectivity index (χ1v) is 8.52. The number of hydrogen-bond acceptors (Lipinski definition) is 4. The minimum Gasteiger partial charge on any atom is -0.352 e. The topological polar surface area (TPSA) is 75.2 Å². The quantitative estimate of drug-likeness (QED) is 0.925. The zero-order valence-electron chi connectivity index (χ0n) is 14.3. The smallest absolute Gasteiger partial charge is 0.223 e. The fraction of sp³-hybridized carbons (Fsp3) is 0.368. The van der Waals surface area contributed by atoms with E-state index in [1.807, 2.05) is 24.3 Å². The van der Waals surface area contributed by atoms with Crippen LogP contribution in [0.4, 0.5) is 0 Å². The lowest BCUT2D eigenvalue weighted by atomic mass is 9.96. The average molecular weight is 338 g/mol. The highest BCUT2D eigenvalue weighted by atomic mass is 16.2. The molecule has 25 heavy (non-hydrogen) atoms. The van der Waals surface area contributed by atoms with E-state index in [0.29, 0.717) is 19.6 Å². The molecule has 0 radical (unpaired) electrons. The molecule has 2 aromatic heterocycles. The van der Waals surface area contributed by atoms with E-state index in [9.17, 15) is 9.59 Å². The number of nitrogens with zero attached hydrogens (tertiary/aromatic N) is 3. The van der Waals surface area contributed by atoms with E-state index in [0.717, 1.165) is 29.7 Å². The second-order valence-corrected chi connectivity index (χ2v) is 6.29. The molecular weight excluding hydrogens is 316 g/mol. The number of likely N-dealkylation sites (tertiary alicyclic amines) is 1. The first-order chi connectivity index (χ1) is 12.1. The van der Waals surface area contributed by atoms with Gasteiger partial charge in [0.15, 0.2) is 0 Å². The summed E-state index contributed by atoms with van der Waals surface area (Å²) in [6, 6.07) is 7.70. The van der Waals surface area contributed by atoms with Crippen molar-refractivity contribution in [2.45, 2.75) is 26.3 Å².